The van der Waals surface area contributed by atoms with Crippen LogP contribution in [0.5, 0.6) is 0 Å². The molecule has 2 atom stereocenters. The molecule has 1 fully saturated rings. The molecule has 1 amide bonds. The van der Waals surface area contributed by atoms with E-state index >= 15 is 0 Å². The smallest absolute Gasteiger partial charge is 0.236 e. The van der Waals surface area contributed by atoms with Crippen LogP contribution in [0.25, 0.3) is 26.9 Å². The van der Waals surface area contributed by atoms with E-state index in [0.717, 1.165) is 34.0 Å². The molecule has 0 spiro atoms. The topological polar surface area (TPSA) is 94.5 Å². The fourth-order valence-corrected chi connectivity index (χ4v) is 3.41. The molecule has 146 valence electrons. The Bertz CT molecular complexity index is 1120. The van der Waals surface area contributed by atoms with Gasteiger partial charge in [-0.25, -0.2) is 16.5 Å². The van der Waals surface area contributed by atoms with E-state index in [0.29, 0.717) is 24.7 Å². The van der Waals surface area contributed by atoms with Crippen molar-refractivity contribution in [3.63, 3.8) is 0 Å². The molecule has 2 aromatic heterocycles. The summed E-state index contributed by atoms with van der Waals surface area (Å²) in [7, 11) is 1.68. The van der Waals surface area contributed by atoms with Gasteiger partial charge in [-0.15, -0.1) is 0 Å². The largest absolute Gasteiger partial charge is 0.384 e. The van der Waals surface area contributed by atoms with Crippen molar-refractivity contribution < 1.29 is 9.53 Å². The van der Waals surface area contributed by atoms with E-state index in [1.54, 1.807) is 19.4 Å². The van der Waals surface area contributed by atoms with Crippen LogP contribution in [0.1, 0.15) is 12.0 Å². The van der Waals surface area contributed by atoms with Gasteiger partial charge in [0.25, 0.3) is 0 Å². The second-order valence-electron chi connectivity index (χ2n) is 7.11. The SMILES string of the molecule is [C-]#[N+][C@H]1C[C@@H]1C(=O)Nc1cc2cc(-c3ccccc3CCOC)nc(N)c2cn1. The molecule has 0 bridgehead atoms. The first-order valence-electron chi connectivity index (χ1n) is 9.41. The summed E-state index contributed by atoms with van der Waals surface area (Å²) in [5.41, 5.74) is 9.08. The van der Waals surface area contributed by atoms with Crippen LogP contribution in [0, 0.1) is 12.5 Å². The number of hydrogen-bond donors (Lipinski definition) is 2. The van der Waals surface area contributed by atoms with Crippen molar-refractivity contribution in [2.75, 3.05) is 24.8 Å². The van der Waals surface area contributed by atoms with Crippen LogP contribution in [-0.4, -0.2) is 35.6 Å². The Kier molecular flexibility index (Phi) is 5.10. The third kappa shape index (κ3) is 3.89. The number of methoxy groups -OCH3 is 1. The number of nitrogens with one attached hydrogen (secondary N) is 1. The molecule has 1 aromatic carbocycles. The second-order valence-corrected chi connectivity index (χ2v) is 7.11. The number of amides is 1. The van der Waals surface area contributed by atoms with Crippen molar-refractivity contribution in [2.24, 2.45) is 5.92 Å². The number of aromatic nitrogens is 2. The number of benzene rings is 1. The molecule has 1 aliphatic rings. The zero-order valence-electron chi connectivity index (χ0n) is 16.1. The molecule has 29 heavy (non-hydrogen) atoms. The highest BCUT2D eigenvalue weighted by atomic mass is 16.5. The van der Waals surface area contributed by atoms with Crippen LogP contribution < -0.4 is 11.1 Å². The molecule has 0 unspecified atom stereocenters. The molecule has 1 aliphatic carbocycles. The quantitative estimate of drug-likeness (QED) is 0.633. The average Bonchev–Trinajstić information content (AvgIpc) is 3.52. The first-order chi connectivity index (χ1) is 14.1. The summed E-state index contributed by atoms with van der Waals surface area (Å²) in [5, 5.41) is 4.38. The number of hydrogen-bond acceptors (Lipinski definition) is 5. The summed E-state index contributed by atoms with van der Waals surface area (Å²) in [6, 6.07) is 11.6. The molecule has 0 aliphatic heterocycles. The van der Waals surface area contributed by atoms with Gasteiger partial charge in [0.1, 0.15) is 17.6 Å². The van der Waals surface area contributed by atoms with E-state index in [9.17, 15) is 4.79 Å². The Morgan fingerprint density at radius 3 is 2.97 bits per heavy atom. The summed E-state index contributed by atoms with van der Waals surface area (Å²) in [6.45, 7) is 7.64. The van der Waals surface area contributed by atoms with Crippen molar-refractivity contribution in [2.45, 2.75) is 18.9 Å². The molecule has 4 rings (SSSR count). The Morgan fingerprint density at radius 2 is 2.21 bits per heavy atom. The predicted molar refractivity (Wildman–Crippen MR) is 112 cm³/mol. The molecular formula is C22H21N5O2. The van der Waals surface area contributed by atoms with Gasteiger partial charge in [0.05, 0.1) is 12.3 Å². The van der Waals surface area contributed by atoms with E-state index in [1.165, 1.54) is 0 Å². The zero-order valence-corrected chi connectivity index (χ0v) is 16.1. The molecular weight excluding hydrogens is 366 g/mol. The number of anilines is 2. The number of pyridine rings is 2. The van der Waals surface area contributed by atoms with Crippen molar-refractivity contribution in [3.8, 4) is 11.3 Å². The van der Waals surface area contributed by atoms with E-state index in [4.69, 9.17) is 17.0 Å². The number of rotatable bonds is 6. The summed E-state index contributed by atoms with van der Waals surface area (Å²) < 4.78 is 5.21. The van der Waals surface area contributed by atoms with Gasteiger partial charge < -0.3 is 20.6 Å². The van der Waals surface area contributed by atoms with Gasteiger partial charge in [0, 0.05) is 30.7 Å². The van der Waals surface area contributed by atoms with Crippen LogP contribution in [0.4, 0.5) is 11.6 Å². The molecule has 1 saturated carbocycles. The molecule has 3 aromatic rings. The summed E-state index contributed by atoms with van der Waals surface area (Å²) in [4.78, 5) is 24.5. The number of nitrogen functional groups attached to an aromatic ring is 1. The summed E-state index contributed by atoms with van der Waals surface area (Å²) in [5.74, 6) is 0.433. The van der Waals surface area contributed by atoms with E-state index in [2.05, 4.69) is 26.2 Å². The van der Waals surface area contributed by atoms with Crippen molar-refractivity contribution in [1.82, 2.24) is 9.97 Å². The van der Waals surface area contributed by atoms with Gasteiger partial charge in [0.2, 0.25) is 11.9 Å². The number of fused-ring (bicyclic) bond motifs is 1. The fraction of sp³-hybridized carbons (Fsp3) is 0.273. The molecule has 3 N–H and O–H groups in total. The van der Waals surface area contributed by atoms with Crippen LogP contribution in [0.2, 0.25) is 0 Å². The lowest BCUT2D eigenvalue weighted by Gasteiger charge is -2.12. The second kappa shape index (κ2) is 7.86. The molecule has 7 heteroatoms. The predicted octanol–water partition coefficient (Wildman–Crippen LogP) is 3.31. The van der Waals surface area contributed by atoms with E-state index in [-0.39, 0.29) is 17.9 Å². The highest BCUT2D eigenvalue weighted by Crippen LogP contribution is 2.35. The van der Waals surface area contributed by atoms with Crippen LogP contribution >= 0.6 is 0 Å². The highest BCUT2D eigenvalue weighted by molar-refractivity contribution is 5.98. The molecule has 7 nitrogen and oxygen atoms in total. The number of carbonyl (C=O) groups is 1. The monoisotopic (exact) mass is 387 g/mol. The number of nitrogens with zero attached hydrogens (tertiary/aromatic N) is 3. The van der Waals surface area contributed by atoms with Gasteiger partial charge in [0.15, 0.2) is 0 Å². The molecule has 0 radical (unpaired) electrons. The highest BCUT2D eigenvalue weighted by Gasteiger charge is 2.49. The standard InChI is InChI=1S/C22H21N5O2/c1-24-18-11-16(18)22(28)27-20-10-14-9-19(26-21(23)17(14)12-25-20)15-6-4-3-5-13(15)7-8-29-2/h3-6,9-10,12,16,18H,7-8,11H2,2H3,(H2,23,26)(H,25,27,28)/t16-,18-/m0/s1. The van der Waals surface area contributed by atoms with Crippen molar-refractivity contribution >= 4 is 28.3 Å². The normalized spacial score (nSPS) is 17.7. The Morgan fingerprint density at radius 1 is 1.38 bits per heavy atom. The Hall–Kier alpha value is -3.50. The number of ether oxygens (including phenoxy) is 1. The molecule has 0 saturated heterocycles. The number of carbonyl (C=O) groups excluding carboxylic acids is 1. The van der Waals surface area contributed by atoms with E-state index < -0.39 is 0 Å². The van der Waals surface area contributed by atoms with E-state index in [1.807, 2.05) is 24.3 Å². The zero-order chi connectivity index (χ0) is 20.4. The van der Waals surface area contributed by atoms with Gasteiger partial charge >= 0.3 is 0 Å². The van der Waals surface area contributed by atoms with Crippen molar-refractivity contribution in [1.29, 1.82) is 0 Å². The Labute approximate surface area is 168 Å². The lowest BCUT2D eigenvalue weighted by atomic mass is 10.0. The summed E-state index contributed by atoms with van der Waals surface area (Å²) >= 11 is 0. The summed E-state index contributed by atoms with van der Waals surface area (Å²) in [6.07, 6.45) is 3.00. The minimum absolute atomic E-state index is 0.162. The third-order valence-electron chi connectivity index (χ3n) is 5.12. The lowest BCUT2D eigenvalue weighted by molar-refractivity contribution is -0.117. The van der Waals surface area contributed by atoms with Gasteiger partial charge in [-0.3, -0.25) is 4.79 Å². The van der Waals surface area contributed by atoms with Gasteiger partial charge in [-0.1, -0.05) is 24.3 Å². The maximum absolute atomic E-state index is 12.2. The Balaban J connectivity index is 1.67. The van der Waals surface area contributed by atoms with Gasteiger partial charge in [-0.05, 0) is 29.5 Å². The lowest BCUT2D eigenvalue weighted by Crippen LogP contribution is -2.16. The van der Waals surface area contributed by atoms with Crippen LogP contribution in [0.15, 0.2) is 42.6 Å². The minimum atomic E-state index is -0.240. The van der Waals surface area contributed by atoms with Crippen LogP contribution in [0.3, 0.4) is 0 Å². The number of nitrogens with two attached hydrogens (primary N) is 1. The fourth-order valence-electron chi connectivity index (χ4n) is 3.41. The average molecular weight is 387 g/mol. The first kappa shape index (κ1) is 18.8. The third-order valence-corrected chi connectivity index (χ3v) is 5.12. The van der Waals surface area contributed by atoms with Crippen molar-refractivity contribution in [3.05, 3.63) is 59.6 Å². The van der Waals surface area contributed by atoms with Crippen LogP contribution in [-0.2, 0) is 16.0 Å². The van der Waals surface area contributed by atoms with Gasteiger partial charge in [-0.2, -0.15) is 0 Å². The first-order valence-corrected chi connectivity index (χ1v) is 9.41. The molecule has 2 heterocycles. The maximum atomic E-state index is 12.2. The minimum Gasteiger partial charge on any atom is -0.384 e. The maximum Gasteiger partial charge on any atom is 0.236 e.